The van der Waals surface area contributed by atoms with Gasteiger partial charge in [0, 0.05) is 18.9 Å². The van der Waals surface area contributed by atoms with E-state index in [0.717, 1.165) is 0 Å². The summed E-state index contributed by atoms with van der Waals surface area (Å²) in [4.78, 5) is 16.6. The molecule has 1 rings (SSSR count). The lowest BCUT2D eigenvalue weighted by molar-refractivity contribution is -0.176. The van der Waals surface area contributed by atoms with Gasteiger partial charge in [-0.2, -0.15) is 0 Å². The molecule has 0 aromatic carbocycles. The second-order valence-corrected chi connectivity index (χ2v) is 4.03. The van der Waals surface area contributed by atoms with Crippen molar-refractivity contribution in [2.24, 2.45) is 5.41 Å². The van der Waals surface area contributed by atoms with E-state index in [1.165, 1.54) is 12.2 Å². The standard InChI is InChI=1S/C11H19NO4/c1-5-11(2,10-15-6-7-16-10)8-9(13)12(3)14-4/h5,10H,1,6-8H2,2-4H3. The summed E-state index contributed by atoms with van der Waals surface area (Å²) in [6.45, 7) is 6.75. The number of carbonyl (C=O) groups is 1. The number of rotatable bonds is 5. The number of hydroxylamine groups is 2. The van der Waals surface area contributed by atoms with Gasteiger partial charge in [-0.25, -0.2) is 5.06 Å². The fourth-order valence-corrected chi connectivity index (χ4v) is 1.53. The summed E-state index contributed by atoms with van der Waals surface area (Å²) in [5.41, 5.74) is -0.527. The molecule has 0 saturated carbocycles. The van der Waals surface area contributed by atoms with Gasteiger partial charge in [-0.05, 0) is 0 Å². The number of hydrogen-bond acceptors (Lipinski definition) is 4. The molecule has 5 heteroatoms. The maximum atomic E-state index is 11.7. The van der Waals surface area contributed by atoms with Crippen LogP contribution in [0.15, 0.2) is 12.7 Å². The summed E-state index contributed by atoms with van der Waals surface area (Å²) in [7, 11) is 3.02. The van der Waals surface area contributed by atoms with E-state index in [-0.39, 0.29) is 12.3 Å². The van der Waals surface area contributed by atoms with Crippen molar-refractivity contribution < 1.29 is 19.1 Å². The lowest BCUT2D eigenvalue weighted by atomic mass is 9.85. The van der Waals surface area contributed by atoms with Gasteiger partial charge in [0.05, 0.1) is 20.3 Å². The molecule has 0 bridgehead atoms. The molecule has 1 heterocycles. The molecule has 0 aliphatic carbocycles. The number of hydrogen-bond donors (Lipinski definition) is 0. The predicted molar refractivity (Wildman–Crippen MR) is 58.4 cm³/mol. The predicted octanol–water partition coefficient (Wildman–Crippen LogP) is 0.962. The van der Waals surface area contributed by atoms with Crippen molar-refractivity contribution in [3.63, 3.8) is 0 Å². The van der Waals surface area contributed by atoms with Crippen molar-refractivity contribution in [2.45, 2.75) is 19.6 Å². The van der Waals surface area contributed by atoms with Crippen LogP contribution in [0.4, 0.5) is 0 Å². The number of carbonyl (C=O) groups excluding carboxylic acids is 1. The van der Waals surface area contributed by atoms with Gasteiger partial charge in [0.2, 0.25) is 5.91 Å². The maximum absolute atomic E-state index is 11.7. The van der Waals surface area contributed by atoms with E-state index < -0.39 is 11.7 Å². The highest BCUT2D eigenvalue weighted by Crippen LogP contribution is 2.33. The zero-order valence-corrected chi connectivity index (χ0v) is 10.1. The van der Waals surface area contributed by atoms with E-state index in [4.69, 9.17) is 14.3 Å². The molecular formula is C11H19NO4. The topological polar surface area (TPSA) is 48.0 Å². The molecule has 0 aromatic rings. The Morgan fingerprint density at radius 2 is 2.19 bits per heavy atom. The van der Waals surface area contributed by atoms with E-state index >= 15 is 0 Å². The minimum atomic E-state index is -0.527. The molecule has 5 nitrogen and oxygen atoms in total. The normalized spacial score (nSPS) is 20.4. The summed E-state index contributed by atoms with van der Waals surface area (Å²) in [6.07, 6.45) is 1.54. The zero-order valence-electron chi connectivity index (χ0n) is 10.1. The van der Waals surface area contributed by atoms with Gasteiger partial charge in [0.15, 0.2) is 6.29 Å². The van der Waals surface area contributed by atoms with Gasteiger partial charge in [-0.3, -0.25) is 9.63 Å². The summed E-state index contributed by atoms with van der Waals surface area (Å²) >= 11 is 0. The third kappa shape index (κ3) is 2.81. The first kappa shape index (κ1) is 13.2. The lowest BCUT2D eigenvalue weighted by Gasteiger charge is -2.31. The highest BCUT2D eigenvalue weighted by Gasteiger charge is 2.38. The quantitative estimate of drug-likeness (QED) is 0.520. The van der Waals surface area contributed by atoms with Crippen LogP contribution < -0.4 is 0 Å². The Bertz CT molecular complexity index is 263. The first-order chi connectivity index (χ1) is 7.53. The Kier molecular flexibility index (Phi) is 4.46. The average molecular weight is 229 g/mol. The third-order valence-corrected chi connectivity index (χ3v) is 2.78. The van der Waals surface area contributed by atoms with Gasteiger partial charge in [0.25, 0.3) is 0 Å². The first-order valence-electron chi connectivity index (χ1n) is 5.21. The summed E-state index contributed by atoms with van der Waals surface area (Å²) < 4.78 is 10.8. The molecule has 1 atom stereocenters. The Balaban J connectivity index is 2.65. The van der Waals surface area contributed by atoms with E-state index in [2.05, 4.69) is 6.58 Å². The fraction of sp³-hybridized carbons (Fsp3) is 0.727. The molecule has 1 unspecified atom stereocenters. The molecule has 92 valence electrons. The molecule has 1 fully saturated rings. The van der Waals surface area contributed by atoms with Crippen LogP contribution in [0.1, 0.15) is 13.3 Å². The molecule has 0 N–H and O–H groups in total. The second kappa shape index (κ2) is 5.43. The Morgan fingerprint density at radius 1 is 1.62 bits per heavy atom. The third-order valence-electron chi connectivity index (χ3n) is 2.78. The van der Waals surface area contributed by atoms with Crippen molar-refractivity contribution in [3.8, 4) is 0 Å². The van der Waals surface area contributed by atoms with E-state index in [9.17, 15) is 4.79 Å². The number of ether oxygens (including phenoxy) is 2. The van der Waals surface area contributed by atoms with Crippen LogP contribution in [0.3, 0.4) is 0 Å². The molecule has 1 amide bonds. The van der Waals surface area contributed by atoms with Gasteiger partial charge in [-0.1, -0.05) is 13.0 Å². The summed E-state index contributed by atoms with van der Waals surface area (Å²) in [6, 6.07) is 0. The molecule has 0 radical (unpaired) electrons. The van der Waals surface area contributed by atoms with Crippen molar-refractivity contribution in [3.05, 3.63) is 12.7 Å². The summed E-state index contributed by atoms with van der Waals surface area (Å²) in [5, 5.41) is 1.19. The van der Waals surface area contributed by atoms with Crippen molar-refractivity contribution >= 4 is 5.91 Å². The SMILES string of the molecule is C=CC(C)(CC(=O)N(C)OC)C1OCCO1. The lowest BCUT2D eigenvalue weighted by Crippen LogP contribution is -2.37. The van der Waals surface area contributed by atoms with Gasteiger partial charge in [0.1, 0.15) is 0 Å². The van der Waals surface area contributed by atoms with Crippen LogP contribution in [-0.2, 0) is 19.1 Å². The van der Waals surface area contributed by atoms with Gasteiger partial charge in [-0.15, -0.1) is 6.58 Å². The largest absolute Gasteiger partial charge is 0.349 e. The monoisotopic (exact) mass is 229 g/mol. The van der Waals surface area contributed by atoms with Crippen LogP contribution >= 0.6 is 0 Å². The average Bonchev–Trinajstić information content (AvgIpc) is 2.81. The van der Waals surface area contributed by atoms with Crippen LogP contribution in [0.25, 0.3) is 0 Å². The van der Waals surface area contributed by atoms with E-state index in [1.54, 1.807) is 13.1 Å². The Hall–Kier alpha value is -0.910. The Morgan fingerprint density at radius 3 is 2.62 bits per heavy atom. The molecule has 1 saturated heterocycles. The zero-order chi connectivity index (χ0) is 12.2. The van der Waals surface area contributed by atoms with Crippen LogP contribution in [0.2, 0.25) is 0 Å². The van der Waals surface area contributed by atoms with E-state index in [1.807, 2.05) is 6.92 Å². The fourth-order valence-electron chi connectivity index (χ4n) is 1.53. The summed E-state index contributed by atoms with van der Waals surface area (Å²) in [5.74, 6) is -0.135. The number of amides is 1. The highest BCUT2D eigenvalue weighted by atomic mass is 16.7. The minimum Gasteiger partial charge on any atom is -0.349 e. The molecule has 1 aliphatic heterocycles. The molecule has 16 heavy (non-hydrogen) atoms. The van der Waals surface area contributed by atoms with E-state index in [0.29, 0.717) is 13.2 Å². The second-order valence-electron chi connectivity index (χ2n) is 4.03. The van der Waals surface area contributed by atoms with Crippen molar-refractivity contribution in [1.29, 1.82) is 0 Å². The Labute approximate surface area is 95.9 Å². The first-order valence-corrected chi connectivity index (χ1v) is 5.21. The van der Waals surface area contributed by atoms with Gasteiger partial charge >= 0.3 is 0 Å². The molecule has 0 spiro atoms. The van der Waals surface area contributed by atoms with Crippen LogP contribution in [0.5, 0.6) is 0 Å². The van der Waals surface area contributed by atoms with Gasteiger partial charge < -0.3 is 9.47 Å². The number of nitrogens with zero attached hydrogens (tertiary/aromatic N) is 1. The van der Waals surface area contributed by atoms with Crippen molar-refractivity contribution in [1.82, 2.24) is 5.06 Å². The molecule has 0 aromatic heterocycles. The molecular weight excluding hydrogens is 210 g/mol. The highest BCUT2D eigenvalue weighted by molar-refractivity contribution is 5.75. The smallest absolute Gasteiger partial charge is 0.246 e. The maximum Gasteiger partial charge on any atom is 0.246 e. The minimum absolute atomic E-state index is 0.135. The van der Waals surface area contributed by atoms with Crippen LogP contribution in [0, 0.1) is 5.41 Å². The van der Waals surface area contributed by atoms with Crippen molar-refractivity contribution in [2.75, 3.05) is 27.4 Å². The van der Waals surface area contributed by atoms with Crippen LogP contribution in [-0.4, -0.2) is 44.6 Å². The molecule has 1 aliphatic rings.